The molecule has 0 aliphatic carbocycles. The van der Waals surface area contributed by atoms with Crippen LogP contribution in [0.5, 0.6) is 0 Å². The van der Waals surface area contributed by atoms with E-state index in [4.69, 9.17) is 4.74 Å². The van der Waals surface area contributed by atoms with Gasteiger partial charge in [-0.05, 0) is 43.5 Å². The van der Waals surface area contributed by atoms with E-state index in [0.717, 1.165) is 16.0 Å². The van der Waals surface area contributed by atoms with Gasteiger partial charge in [-0.1, -0.05) is 24.3 Å². The summed E-state index contributed by atoms with van der Waals surface area (Å²) in [6.45, 7) is 7.84. The summed E-state index contributed by atoms with van der Waals surface area (Å²) in [5.41, 5.74) is 3.39. The van der Waals surface area contributed by atoms with Crippen molar-refractivity contribution in [2.75, 3.05) is 6.61 Å². The summed E-state index contributed by atoms with van der Waals surface area (Å²) in [6.07, 6.45) is 0. The third-order valence-electron chi connectivity index (χ3n) is 3.41. The van der Waals surface area contributed by atoms with Gasteiger partial charge in [0.2, 0.25) is 0 Å². The van der Waals surface area contributed by atoms with Gasteiger partial charge in [0.15, 0.2) is 0 Å². The van der Waals surface area contributed by atoms with Gasteiger partial charge in [-0.3, -0.25) is 4.79 Å². The zero-order valence-electron chi connectivity index (χ0n) is 12.7. The molecule has 0 bridgehead atoms. The monoisotopic (exact) mass is 303 g/mol. The molecule has 0 spiro atoms. The van der Waals surface area contributed by atoms with Crippen molar-refractivity contribution >= 4 is 17.2 Å². The number of carbonyl (C=O) groups excluding carboxylic acids is 1. The van der Waals surface area contributed by atoms with E-state index in [2.05, 4.69) is 5.32 Å². The van der Waals surface area contributed by atoms with Crippen LogP contribution in [0.15, 0.2) is 30.3 Å². The van der Waals surface area contributed by atoms with Crippen LogP contribution in [-0.4, -0.2) is 12.5 Å². The van der Waals surface area contributed by atoms with E-state index in [9.17, 15) is 4.79 Å². The first-order valence-electron chi connectivity index (χ1n) is 7.11. The molecule has 21 heavy (non-hydrogen) atoms. The van der Waals surface area contributed by atoms with Crippen molar-refractivity contribution < 1.29 is 9.53 Å². The Balaban J connectivity index is 2.01. The number of benzene rings is 1. The third-order valence-corrected chi connectivity index (χ3v) is 4.56. The Bertz CT molecular complexity index is 600. The number of thiophene rings is 1. The number of hydrogen-bond acceptors (Lipinski definition) is 3. The molecule has 2 aromatic rings. The van der Waals surface area contributed by atoms with E-state index in [0.29, 0.717) is 19.8 Å². The van der Waals surface area contributed by atoms with Gasteiger partial charge >= 0.3 is 0 Å². The van der Waals surface area contributed by atoms with Crippen molar-refractivity contribution in [1.29, 1.82) is 0 Å². The first kappa shape index (κ1) is 15.7. The van der Waals surface area contributed by atoms with Gasteiger partial charge in [-0.2, -0.15) is 0 Å². The Labute approximate surface area is 130 Å². The summed E-state index contributed by atoms with van der Waals surface area (Å²) in [4.78, 5) is 14.1. The van der Waals surface area contributed by atoms with E-state index in [-0.39, 0.29) is 5.91 Å². The van der Waals surface area contributed by atoms with Crippen molar-refractivity contribution in [2.45, 2.75) is 33.9 Å². The average molecular weight is 303 g/mol. The van der Waals surface area contributed by atoms with Crippen LogP contribution in [0, 0.1) is 13.8 Å². The standard InChI is InChI=1S/C17H21NO2S/c1-4-20-11-15-8-6-5-7-14(15)10-18-17(19)16-9-12(2)13(3)21-16/h5-9H,4,10-11H2,1-3H3,(H,18,19). The SMILES string of the molecule is CCOCc1ccccc1CNC(=O)c1cc(C)c(C)s1. The molecule has 0 aliphatic rings. The second-order valence-corrected chi connectivity index (χ2v) is 6.19. The predicted molar refractivity (Wildman–Crippen MR) is 86.7 cm³/mol. The molecule has 1 amide bonds. The molecule has 1 aromatic heterocycles. The van der Waals surface area contributed by atoms with Gasteiger partial charge in [-0.15, -0.1) is 11.3 Å². The lowest BCUT2D eigenvalue weighted by Gasteiger charge is -2.10. The largest absolute Gasteiger partial charge is 0.377 e. The maximum Gasteiger partial charge on any atom is 0.261 e. The van der Waals surface area contributed by atoms with Crippen molar-refractivity contribution in [3.8, 4) is 0 Å². The molecule has 1 N–H and O–H groups in total. The molecule has 0 radical (unpaired) electrons. The fourth-order valence-corrected chi connectivity index (χ4v) is 2.98. The highest BCUT2D eigenvalue weighted by Crippen LogP contribution is 2.20. The Morgan fingerprint density at radius 1 is 1.24 bits per heavy atom. The number of amides is 1. The molecular formula is C17H21NO2S. The Kier molecular flexibility index (Phi) is 5.53. The van der Waals surface area contributed by atoms with E-state index in [1.165, 1.54) is 21.8 Å². The second-order valence-electron chi connectivity index (χ2n) is 4.94. The summed E-state index contributed by atoms with van der Waals surface area (Å²) in [5.74, 6) is -0.0117. The van der Waals surface area contributed by atoms with Crippen molar-refractivity contribution in [2.24, 2.45) is 0 Å². The fraction of sp³-hybridized carbons (Fsp3) is 0.353. The maximum atomic E-state index is 12.2. The molecule has 1 heterocycles. The highest BCUT2D eigenvalue weighted by Gasteiger charge is 2.11. The minimum atomic E-state index is -0.0117. The summed E-state index contributed by atoms with van der Waals surface area (Å²) in [7, 11) is 0. The normalized spacial score (nSPS) is 10.6. The van der Waals surface area contributed by atoms with Gasteiger partial charge in [0, 0.05) is 18.0 Å². The van der Waals surface area contributed by atoms with Crippen LogP contribution in [0.2, 0.25) is 0 Å². The van der Waals surface area contributed by atoms with E-state index >= 15 is 0 Å². The van der Waals surface area contributed by atoms with Crippen LogP contribution >= 0.6 is 11.3 Å². The molecule has 3 nitrogen and oxygen atoms in total. The molecule has 2 rings (SSSR count). The van der Waals surface area contributed by atoms with E-state index in [1.807, 2.05) is 51.1 Å². The molecule has 0 fully saturated rings. The van der Waals surface area contributed by atoms with Crippen LogP contribution in [0.25, 0.3) is 0 Å². The molecule has 0 atom stereocenters. The van der Waals surface area contributed by atoms with E-state index in [1.54, 1.807) is 0 Å². The third kappa shape index (κ3) is 4.16. The Morgan fingerprint density at radius 3 is 2.57 bits per heavy atom. The molecule has 0 saturated heterocycles. The van der Waals surface area contributed by atoms with Crippen molar-refractivity contribution in [1.82, 2.24) is 5.32 Å². The van der Waals surface area contributed by atoms with Crippen LogP contribution < -0.4 is 5.32 Å². The van der Waals surface area contributed by atoms with Crippen molar-refractivity contribution in [3.63, 3.8) is 0 Å². The molecule has 0 saturated carbocycles. The molecule has 0 aliphatic heterocycles. The van der Waals surface area contributed by atoms with E-state index < -0.39 is 0 Å². The van der Waals surface area contributed by atoms with Crippen LogP contribution in [0.4, 0.5) is 0 Å². The van der Waals surface area contributed by atoms with Gasteiger partial charge < -0.3 is 10.1 Å². The predicted octanol–water partition coefficient (Wildman–Crippen LogP) is 3.83. The molecular weight excluding hydrogens is 282 g/mol. The lowest BCUT2D eigenvalue weighted by Crippen LogP contribution is -2.22. The number of aryl methyl sites for hydroxylation is 2. The summed E-state index contributed by atoms with van der Waals surface area (Å²) in [5, 5.41) is 2.99. The molecule has 4 heteroatoms. The second kappa shape index (κ2) is 7.38. The highest BCUT2D eigenvalue weighted by molar-refractivity contribution is 7.14. The minimum Gasteiger partial charge on any atom is -0.377 e. The van der Waals surface area contributed by atoms with Gasteiger partial charge in [0.05, 0.1) is 11.5 Å². The fourth-order valence-electron chi connectivity index (χ4n) is 2.03. The molecule has 0 unspecified atom stereocenters. The maximum absolute atomic E-state index is 12.2. The number of rotatable bonds is 6. The molecule has 112 valence electrons. The van der Waals surface area contributed by atoms with Crippen LogP contribution in [0.3, 0.4) is 0 Å². The van der Waals surface area contributed by atoms with Crippen molar-refractivity contribution in [3.05, 3.63) is 56.8 Å². The van der Waals surface area contributed by atoms with Gasteiger partial charge in [0.25, 0.3) is 5.91 Å². The summed E-state index contributed by atoms with van der Waals surface area (Å²) in [6, 6.07) is 9.99. The lowest BCUT2D eigenvalue weighted by molar-refractivity contribution is 0.0954. The van der Waals surface area contributed by atoms with Crippen LogP contribution in [0.1, 0.15) is 38.2 Å². The topological polar surface area (TPSA) is 38.3 Å². The first-order chi connectivity index (χ1) is 10.1. The zero-order chi connectivity index (χ0) is 15.2. The van der Waals surface area contributed by atoms with Gasteiger partial charge in [-0.25, -0.2) is 0 Å². The molecule has 1 aromatic carbocycles. The smallest absolute Gasteiger partial charge is 0.261 e. The number of carbonyl (C=O) groups is 1. The number of hydrogen-bond donors (Lipinski definition) is 1. The number of nitrogens with one attached hydrogen (secondary N) is 1. The Morgan fingerprint density at radius 2 is 1.95 bits per heavy atom. The first-order valence-corrected chi connectivity index (χ1v) is 7.93. The highest BCUT2D eigenvalue weighted by atomic mass is 32.1. The summed E-state index contributed by atoms with van der Waals surface area (Å²) >= 11 is 1.54. The lowest BCUT2D eigenvalue weighted by atomic mass is 10.1. The zero-order valence-corrected chi connectivity index (χ0v) is 13.5. The van der Waals surface area contributed by atoms with Crippen LogP contribution in [-0.2, 0) is 17.9 Å². The van der Waals surface area contributed by atoms with Gasteiger partial charge in [0.1, 0.15) is 0 Å². The number of ether oxygens (including phenoxy) is 1. The Hall–Kier alpha value is -1.65. The minimum absolute atomic E-state index is 0.0117. The summed E-state index contributed by atoms with van der Waals surface area (Å²) < 4.78 is 5.46. The quantitative estimate of drug-likeness (QED) is 0.880. The average Bonchev–Trinajstić information content (AvgIpc) is 2.83.